The lowest BCUT2D eigenvalue weighted by atomic mass is 9.97. The maximum Gasteiger partial charge on any atom is 0.160 e. The summed E-state index contributed by atoms with van der Waals surface area (Å²) in [5.41, 5.74) is 17.5. The van der Waals surface area contributed by atoms with Crippen LogP contribution < -0.4 is 0 Å². The Kier molecular flexibility index (Phi) is 8.68. The van der Waals surface area contributed by atoms with Crippen LogP contribution in [0.2, 0.25) is 0 Å². The number of aromatic nitrogens is 4. The van der Waals surface area contributed by atoms with E-state index in [0.717, 1.165) is 61.6 Å². The van der Waals surface area contributed by atoms with Gasteiger partial charge in [0.2, 0.25) is 0 Å². The highest BCUT2D eigenvalue weighted by atomic mass is 15.0. The van der Waals surface area contributed by atoms with Gasteiger partial charge in [0, 0.05) is 49.5 Å². The first-order valence-electron chi connectivity index (χ1n) is 21.5. The molecule has 0 atom stereocenters. The fourth-order valence-corrected chi connectivity index (χ4v) is 9.36. The van der Waals surface area contributed by atoms with Crippen LogP contribution in [-0.4, -0.2) is 19.1 Å². The molecule has 0 aliphatic carbocycles. The Morgan fingerprint density at radius 1 is 0.317 bits per heavy atom. The molecule has 3 aromatic heterocycles. The van der Waals surface area contributed by atoms with Gasteiger partial charge in [0.05, 0.1) is 39.1 Å². The molecule has 0 radical (unpaired) electrons. The largest absolute Gasteiger partial charge is 0.309 e. The van der Waals surface area contributed by atoms with Crippen molar-refractivity contribution in [1.82, 2.24) is 19.1 Å². The number of para-hydroxylation sites is 3. The molecule has 3 heterocycles. The highest BCUT2D eigenvalue weighted by molar-refractivity contribution is 6.11. The Morgan fingerprint density at radius 3 is 1.52 bits per heavy atom. The third-order valence-electron chi connectivity index (χ3n) is 12.4. The van der Waals surface area contributed by atoms with Crippen LogP contribution in [-0.2, 0) is 0 Å². The number of nitrogens with zero attached hydrogens (tertiary/aromatic N) is 4. The summed E-state index contributed by atoms with van der Waals surface area (Å²) in [6, 6.07) is 80.5. The molecule has 4 heteroatoms. The molecule has 12 rings (SSSR count). The van der Waals surface area contributed by atoms with Gasteiger partial charge in [0.15, 0.2) is 5.82 Å². The van der Waals surface area contributed by atoms with Gasteiger partial charge in [-0.15, -0.1) is 0 Å². The summed E-state index contributed by atoms with van der Waals surface area (Å²) in [6.45, 7) is 2.14. The molecular formula is C59H40N4. The number of hydrogen-bond donors (Lipinski definition) is 0. The van der Waals surface area contributed by atoms with Crippen molar-refractivity contribution >= 4 is 43.6 Å². The molecule has 0 fully saturated rings. The maximum atomic E-state index is 5.27. The van der Waals surface area contributed by atoms with E-state index in [4.69, 9.17) is 9.97 Å². The monoisotopic (exact) mass is 804 g/mol. The number of fused-ring (bicyclic) bond motifs is 6. The fourth-order valence-electron chi connectivity index (χ4n) is 9.36. The summed E-state index contributed by atoms with van der Waals surface area (Å²) in [6.07, 6.45) is 0. The van der Waals surface area contributed by atoms with E-state index in [1.54, 1.807) is 0 Å². The van der Waals surface area contributed by atoms with Gasteiger partial charge in [0.25, 0.3) is 0 Å². The van der Waals surface area contributed by atoms with Crippen molar-refractivity contribution in [3.8, 4) is 67.5 Å². The van der Waals surface area contributed by atoms with Gasteiger partial charge in [-0.2, -0.15) is 0 Å². The SMILES string of the molecule is Cc1ccc(-c2ccc3c(c2)c2ccccc2n3-c2ccc(-c3cc(-c4ccccc4)nc(-c4ccccc4)n3)cc2-c2cccc(-n3c4ccccc4c4ccccc43)c2)cc1. The number of hydrogen-bond acceptors (Lipinski definition) is 2. The molecule has 9 aromatic carbocycles. The lowest BCUT2D eigenvalue weighted by Crippen LogP contribution is -2.00. The minimum atomic E-state index is 0.692. The summed E-state index contributed by atoms with van der Waals surface area (Å²) in [7, 11) is 0. The Labute approximate surface area is 365 Å². The summed E-state index contributed by atoms with van der Waals surface area (Å²) >= 11 is 0. The van der Waals surface area contributed by atoms with E-state index in [9.17, 15) is 0 Å². The molecule has 0 amide bonds. The average Bonchev–Trinajstić information content (AvgIpc) is 3.87. The molecule has 0 aliphatic heterocycles. The van der Waals surface area contributed by atoms with Crippen LogP contribution in [0.25, 0.3) is 111 Å². The van der Waals surface area contributed by atoms with Crippen LogP contribution in [0.3, 0.4) is 0 Å². The van der Waals surface area contributed by atoms with E-state index < -0.39 is 0 Å². The molecular weight excluding hydrogens is 765 g/mol. The Hall–Kier alpha value is -8.34. The van der Waals surface area contributed by atoms with Gasteiger partial charge in [-0.25, -0.2) is 9.97 Å². The molecule has 296 valence electrons. The first kappa shape index (κ1) is 36.5. The van der Waals surface area contributed by atoms with E-state index in [-0.39, 0.29) is 0 Å². The van der Waals surface area contributed by atoms with E-state index in [1.807, 2.05) is 24.3 Å². The zero-order valence-corrected chi connectivity index (χ0v) is 34.7. The Bertz CT molecular complexity index is 3560. The molecule has 0 spiro atoms. The molecule has 63 heavy (non-hydrogen) atoms. The predicted octanol–water partition coefficient (Wildman–Crippen LogP) is 15.3. The minimum absolute atomic E-state index is 0.692. The summed E-state index contributed by atoms with van der Waals surface area (Å²) in [5, 5.41) is 4.91. The molecule has 0 unspecified atom stereocenters. The van der Waals surface area contributed by atoms with Crippen LogP contribution in [0.1, 0.15) is 5.56 Å². The van der Waals surface area contributed by atoms with E-state index in [1.165, 1.54) is 49.3 Å². The van der Waals surface area contributed by atoms with Crippen molar-refractivity contribution in [2.75, 3.05) is 0 Å². The highest BCUT2D eigenvalue weighted by Gasteiger charge is 2.20. The molecule has 0 N–H and O–H groups in total. The number of aryl methyl sites for hydroxylation is 1. The smallest absolute Gasteiger partial charge is 0.160 e. The topological polar surface area (TPSA) is 35.6 Å². The third kappa shape index (κ3) is 6.31. The van der Waals surface area contributed by atoms with Crippen molar-refractivity contribution in [3.63, 3.8) is 0 Å². The standard InChI is InChI=1S/C59H40N4/c1-39-27-29-40(30-28-39)43-31-33-58-51(36-43)49-23-10-13-26-56(49)63(58)57-34-32-45(53-38-52(41-15-4-2-5-16-41)60-59(61-53)42-17-6-3-7-18-42)37-50(57)44-19-14-20-46(35-44)62-54-24-11-8-21-47(54)48-22-9-12-25-55(48)62/h2-38H,1H3. The average molecular weight is 805 g/mol. The quantitative estimate of drug-likeness (QED) is 0.161. The zero-order chi connectivity index (χ0) is 41.9. The maximum absolute atomic E-state index is 5.27. The summed E-state index contributed by atoms with van der Waals surface area (Å²) < 4.78 is 4.84. The first-order chi connectivity index (χ1) is 31.1. The summed E-state index contributed by atoms with van der Waals surface area (Å²) in [5.74, 6) is 0.692. The fraction of sp³-hybridized carbons (Fsp3) is 0.0169. The number of rotatable bonds is 7. The molecule has 0 bridgehead atoms. The van der Waals surface area contributed by atoms with Crippen molar-refractivity contribution in [2.45, 2.75) is 6.92 Å². The predicted molar refractivity (Wildman–Crippen MR) is 263 cm³/mol. The Balaban J connectivity index is 1.11. The molecule has 0 saturated heterocycles. The van der Waals surface area contributed by atoms with Gasteiger partial charge in [0.1, 0.15) is 0 Å². The normalized spacial score (nSPS) is 11.6. The van der Waals surface area contributed by atoms with Gasteiger partial charge in [-0.1, -0.05) is 169 Å². The lowest BCUT2D eigenvalue weighted by Gasteiger charge is -2.18. The van der Waals surface area contributed by atoms with E-state index in [0.29, 0.717) is 5.82 Å². The lowest BCUT2D eigenvalue weighted by molar-refractivity contribution is 1.16. The van der Waals surface area contributed by atoms with Crippen molar-refractivity contribution in [1.29, 1.82) is 0 Å². The molecule has 4 nitrogen and oxygen atoms in total. The van der Waals surface area contributed by atoms with Crippen LogP contribution in [0.15, 0.2) is 224 Å². The van der Waals surface area contributed by atoms with Gasteiger partial charge >= 0.3 is 0 Å². The van der Waals surface area contributed by atoms with Crippen LogP contribution in [0.5, 0.6) is 0 Å². The second kappa shape index (κ2) is 15.0. The van der Waals surface area contributed by atoms with Gasteiger partial charge in [-0.05, 0) is 84.3 Å². The van der Waals surface area contributed by atoms with Crippen LogP contribution in [0, 0.1) is 6.92 Å². The zero-order valence-electron chi connectivity index (χ0n) is 34.7. The summed E-state index contributed by atoms with van der Waals surface area (Å²) in [4.78, 5) is 10.4. The highest BCUT2D eigenvalue weighted by Crippen LogP contribution is 2.41. The van der Waals surface area contributed by atoms with Crippen molar-refractivity contribution in [2.24, 2.45) is 0 Å². The third-order valence-corrected chi connectivity index (χ3v) is 12.4. The van der Waals surface area contributed by atoms with E-state index in [2.05, 4.69) is 216 Å². The molecule has 12 aromatic rings. The van der Waals surface area contributed by atoms with Crippen LogP contribution in [0.4, 0.5) is 0 Å². The molecule has 0 saturated carbocycles. The van der Waals surface area contributed by atoms with Crippen LogP contribution >= 0.6 is 0 Å². The van der Waals surface area contributed by atoms with Crippen molar-refractivity contribution < 1.29 is 0 Å². The molecule has 0 aliphatic rings. The van der Waals surface area contributed by atoms with Gasteiger partial charge in [-0.3, -0.25) is 0 Å². The second-order valence-corrected chi connectivity index (χ2v) is 16.3. The first-order valence-corrected chi connectivity index (χ1v) is 21.5. The van der Waals surface area contributed by atoms with E-state index >= 15 is 0 Å². The minimum Gasteiger partial charge on any atom is -0.309 e. The van der Waals surface area contributed by atoms with Gasteiger partial charge < -0.3 is 9.13 Å². The van der Waals surface area contributed by atoms with Crippen molar-refractivity contribution in [3.05, 3.63) is 230 Å². The number of benzene rings is 9. The Morgan fingerprint density at radius 2 is 0.841 bits per heavy atom. The second-order valence-electron chi connectivity index (χ2n) is 16.3.